The molecule has 0 unspecified atom stereocenters. The van der Waals surface area contributed by atoms with Gasteiger partial charge < -0.3 is 9.32 Å². The third-order valence-electron chi connectivity index (χ3n) is 11.1. The minimum absolute atomic E-state index is 0.111. The summed E-state index contributed by atoms with van der Waals surface area (Å²) >= 11 is 0. The molecule has 0 spiro atoms. The Bertz CT molecular complexity index is 3480. The van der Waals surface area contributed by atoms with Crippen molar-refractivity contribution in [3.05, 3.63) is 224 Å². The zero-order valence-electron chi connectivity index (χ0n) is 35.4. The minimum Gasteiger partial charge on any atom is -0.455 e. The lowest BCUT2D eigenvalue weighted by atomic mass is 9.93. The maximum Gasteiger partial charge on any atom is 0.143 e. The van der Waals surface area contributed by atoms with Gasteiger partial charge in [-0.3, -0.25) is 0 Å². The molecule has 0 radical (unpaired) electrons. The summed E-state index contributed by atoms with van der Waals surface area (Å²) in [5.41, 5.74) is 10.0. The monoisotopic (exact) mass is 743 g/mol. The van der Waals surface area contributed by atoms with Gasteiger partial charge in [0.05, 0.1) is 11.2 Å². The SMILES string of the molecule is [2H]c1c([2H])c(N(c2ccc(-c3ccc4ccccc4c3)cc2)c2ccccc2-c2cc3c4ccccc4oc3c3ccccc23)c([2H])c([2H])c1-c1ccc(-c2ccccc2)cc1. The van der Waals surface area contributed by atoms with Crippen LogP contribution in [0.25, 0.3) is 88.0 Å². The van der Waals surface area contributed by atoms with E-state index in [-0.39, 0.29) is 35.4 Å². The lowest BCUT2D eigenvalue weighted by Crippen LogP contribution is -2.11. The van der Waals surface area contributed by atoms with Gasteiger partial charge in [0.15, 0.2) is 0 Å². The van der Waals surface area contributed by atoms with Crippen LogP contribution in [0.4, 0.5) is 17.1 Å². The molecule has 10 aromatic carbocycles. The molecule has 58 heavy (non-hydrogen) atoms. The molecule has 1 aromatic heterocycles. The second-order valence-corrected chi connectivity index (χ2v) is 14.6. The molecule has 11 aromatic rings. The van der Waals surface area contributed by atoms with Gasteiger partial charge in [0.1, 0.15) is 11.2 Å². The fraction of sp³-hybridized carbons (Fsp3) is 0. The number of fused-ring (bicyclic) bond motifs is 6. The average Bonchev–Trinajstić information content (AvgIpc) is 3.71. The Morgan fingerprint density at radius 1 is 0.345 bits per heavy atom. The van der Waals surface area contributed by atoms with Crippen molar-refractivity contribution in [1.29, 1.82) is 0 Å². The summed E-state index contributed by atoms with van der Waals surface area (Å²) in [6.07, 6.45) is 0. The van der Waals surface area contributed by atoms with E-state index in [1.165, 1.54) is 5.39 Å². The average molecular weight is 744 g/mol. The standard InChI is InChI=1S/C56H37NO/c1-2-12-38(13-3-1)40-22-24-41(25-23-40)42-28-32-46(33-29-42)57(47-34-30-43(31-35-47)45-27-26-39-14-4-5-15-44(39)36-45)54-20-10-8-17-49(54)52-37-53-50-18-9-11-21-55(50)58-56(53)51-19-7-6-16-48(51)52/h1-37H/i28D,29D,32D,33D. The topological polar surface area (TPSA) is 16.4 Å². The smallest absolute Gasteiger partial charge is 0.143 e. The van der Waals surface area contributed by atoms with Gasteiger partial charge in [-0.1, -0.05) is 176 Å². The van der Waals surface area contributed by atoms with Gasteiger partial charge in [0.2, 0.25) is 0 Å². The van der Waals surface area contributed by atoms with Gasteiger partial charge >= 0.3 is 0 Å². The fourth-order valence-electron chi connectivity index (χ4n) is 8.25. The van der Waals surface area contributed by atoms with E-state index >= 15 is 0 Å². The van der Waals surface area contributed by atoms with Crippen LogP contribution in [0.3, 0.4) is 0 Å². The molecule has 0 saturated heterocycles. The van der Waals surface area contributed by atoms with E-state index in [9.17, 15) is 5.48 Å². The van der Waals surface area contributed by atoms with Crippen molar-refractivity contribution in [2.75, 3.05) is 4.90 Å². The Morgan fingerprint density at radius 3 is 1.71 bits per heavy atom. The first-order chi connectivity index (χ1) is 30.4. The summed E-state index contributed by atoms with van der Waals surface area (Å²) in [6.45, 7) is 0. The maximum absolute atomic E-state index is 9.72. The highest BCUT2D eigenvalue weighted by Crippen LogP contribution is 2.46. The second kappa shape index (κ2) is 14.1. The van der Waals surface area contributed by atoms with Crippen LogP contribution in [0.2, 0.25) is 0 Å². The summed E-state index contributed by atoms with van der Waals surface area (Å²) in [5.74, 6) is 0. The van der Waals surface area contributed by atoms with Crippen molar-refractivity contribution < 1.29 is 9.90 Å². The Balaban J connectivity index is 1.12. The number of furan rings is 1. The third kappa shape index (κ3) is 5.91. The Labute approximate surface area is 343 Å². The first kappa shape index (κ1) is 29.6. The molecule has 0 aliphatic heterocycles. The second-order valence-electron chi connectivity index (χ2n) is 14.6. The van der Waals surface area contributed by atoms with Crippen molar-refractivity contribution in [3.8, 4) is 44.5 Å². The van der Waals surface area contributed by atoms with E-state index in [0.29, 0.717) is 16.9 Å². The van der Waals surface area contributed by atoms with E-state index in [1.54, 1.807) is 0 Å². The van der Waals surface area contributed by atoms with Crippen molar-refractivity contribution in [2.45, 2.75) is 0 Å². The van der Waals surface area contributed by atoms with E-state index in [1.807, 2.05) is 132 Å². The van der Waals surface area contributed by atoms with Gasteiger partial charge in [0, 0.05) is 33.1 Å². The third-order valence-corrected chi connectivity index (χ3v) is 11.1. The summed E-state index contributed by atoms with van der Waals surface area (Å²) in [7, 11) is 0. The van der Waals surface area contributed by atoms with Gasteiger partial charge in [0.25, 0.3) is 0 Å². The maximum atomic E-state index is 9.72. The fourth-order valence-corrected chi connectivity index (χ4v) is 8.25. The molecular weight excluding hydrogens is 703 g/mol. The number of benzene rings is 10. The summed E-state index contributed by atoms with van der Waals surface area (Å²) in [4.78, 5) is 1.90. The van der Waals surface area contributed by atoms with Crippen molar-refractivity contribution >= 4 is 60.5 Å². The van der Waals surface area contributed by atoms with Crippen LogP contribution in [0.1, 0.15) is 5.48 Å². The minimum atomic E-state index is -0.136. The number of nitrogens with zero attached hydrogens (tertiary/aromatic N) is 1. The Morgan fingerprint density at radius 2 is 0.914 bits per heavy atom. The summed E-state index contributed by atoms with van der Waals surface area (Å²) in [6, 6.07) is 66.7. The molecule has 0 aliphatic rings. The molecule has 0 amide bonds. The molecule has 272 valence electrons. The summed E-state index contributed by atoms with van der Waals surface area (Å²) in [5, 5.41) is 6.29. The lowest BCUT2D eigenvalue weighted by molar-refractivity contribution is 0.672. The van der Waals surface area contributed by atoms with Crippen LogP contribution in [0.15, 0.2) is 229 Å². The molecular formula is C56H37NO. The lowest BCUT2D eigenvalue weighted by Gasteiger charge is -2.28. The number of para-hydroxylation sites is 2. The largest absolute Gasteiger partial charge is 0.455 e. The molecule has 0 aliphatic carbocycles. The van der Waals surface area contributed by atoms with E-state index < -0.39 is 0 Å². The highest BCUT2D eigenvalue weighted by molar-refractivity contribution is 6.19. The Kier molecular flexibility index (Phi) is 7.20. The van der Waals surface area contributed by atoms with Crippen LogP contribution in [-0.2, 0) is 0 Å². The summed E-state index contributed by atoms with van der Waals surface area (Å²) < 4.78 is 44.9. The molecule has 0 atom stereocenters. The molecule has 0 saturated carbocycles. The number of hydrogen-bond acceptors (Lipinski definition) is 2. The number of hydrogen-bond donors (Lipinski definition) is 0. The highest BCUT2D eigenvalue weighted by Gasteiger charge is 2.21. The highest BCUT2D eigenvalue weighted by atomic mass is 16.3. The van der Waals surface area contributed by atoms with E-state index in [2.05, 4.69) is 72.8 Å². The molecule has 11 rings (SSSR count). The predicted molar refractivity (Wildman–Crippen MR) is 245 cm³/mol. The van der Waals surface area contributed by atoms with Gasteiger partial charge in [-0.05, 0) is 104 Å². The van der Waals surface area contributed by atoms with Gasteiger partial charge in [-0.2, -0.15) is 0 Å². The quantitative estimate of drug-likeness (QED) is 0.162. The van der Waals surface area contributed by atoms with Gasteiger partial charge in [-0.15, -0.1) is 0 Å². The zero-order chi connectivity index (χ0) is 41.9. The van der Waals surface area contributed by atoms with Crippen LogP contribution < -0.4 is 4.90 Å². The van der Waals surface area contributed by atoms with Crippen LogP contribution in [0.5, 0.6) is 0 Å². The Hall–Kier alpha value is -7.68. The van der Waals surface area contributed by atoms with Crippen LogP contribution >= 0.6 is 0 Å². The zero-order valence-corrected chi connectivity index (χ0v) is 31.4. The first-order valence-electron chi connectivity index (χ1n) is 21.5. The number of anilines is 3. The predicted octanol–water partition coefficient (Wildman–Crippen LogP) is 16.0. The van der Waals surface area contributed by atoms with Crippen molar-refractivity contribution in [3.63, 3.8) is 0 Å². The molecule has 0 N–H and O–H groups in total. The van der Waals surface area contributed by atoms with Crippen molar-refractivity contribution in [2.24, 2.45) is 0 Å². The molecule has 2 heteroatoms. The molecule has 0 bridgehead atoms. The van der Waals surface area contributed by atoms with Crippen LogP contribution in [-0.4, -0.2) is 0 Å². The van der Waals surface area contributed by atoms with E-state index in [4.69, 9.17) is 4.42 Å². The van der Waals surface area contributed by atoms with Crippen molar-refractivity contribution in [1.82, 2.24) is 0 Å². The van der Waals surface area contributed by atoms with Gasteiger partial charge in [-0.25, -0.2) is 0 Å². The normalized spacial score (nSPS) is 12.4. The number of rotatable bonds is 7. The first-order valence-corrected chi connectivity index (χ1v) is 19.5. The van der Waals surface area contributed by atoms with Crippen LogP contribution in [0, 0.1) is 0 Å². The molecule has 0 fully saturated rings. The molecule has 2 nitrogen and oxygen atoms in total. The van der Waals surface area contributed by atoms with E-state index in [0.717, 1.165) is 71.5 Å². The molecule has 1 heterocycles.